The normalized spacial score (nSPS) is 21.7. The van der Waals surface area contributed by atoms with Gasteiger partial charge in [0.25, 0.3) is 0 Å². The molecule has 1 saturated carbocycles. The van der Waals surface area contributed by atoms with Gasteiger partial charge in [0, 0.05) is 19.0 Å². The van der Waals surface area contributed by atoms with Crippen molar-refractivity contribution in [3.05, 3.63) is 23.3 Å². The third-order valence-corrected chi connectivity index (χ3v) is 4.68. The van der Waals surface area contributed by atoms with E-state index in [0.29, 0.717) is 13.1 Å². The maximum absolute atomic E-state index is 13.3. The fourth-order valence-electron chi connectivity index (χ4n) is 3.28. The number of hydrogen-bond acceptors (Lipinski definition) is 3. The number of alkyl halides is 3. The average Bonchev–Trinajstić information content (AvgIpc) is 3.21. The van der Waals surface area contributed by atoms with Crippen molar-refractivity contribution in [3.63, 3.8) is 0 Å². The van der Waals surface area contributed by atoms with Crippen LogP contribution in [0.1, 0.15) is 30.4 Å². The molecule has 2 aliphatic rings. The summed E-state index contributed by atoms with van der Waals surface area (Å²) in [6.45, 7) is 1.16. The van der Waals surface area contributed by atoms with Crippen molar-refractivity contribution in [2.24, 2.45) is 11.8 Å². The average molecular weight is 327 g/mol. The van der Waals surface area contributed by atoms with Crippen LogP contribution < -0.4 is 11.5 Å². The Bertz CT molecular complexity index is 626. The number of nitrogens with zero attached hydrogens (tertiary/aromatic N) is 1. The molecule has 3 rings (SSSR count). The van der Waals surface area contributed by atoms with E-state index in [0.717, 1.165) is 19.3 Å². The highest BCUT2D eigenvalue weighted by molar-refractivity contribution is 5.81. The number of carbonyl (C=O) groups excluding carboxylic acids is 1. The zero-order chi connectivity index (χ0) is 16.8. The van der Waals surface area contributed by atoms with Crippen LogP contribution in [0.25, 0.3) is 0 Å². The Balaban J connectivity index is 1.76. The topological polar surface area (TPSA) is 72.3 Å². The highest BCUT2D eigenvalue weighted by Crippen LogP contribution is 2.40. The third kappa shape index (κ3) is 3.23. The van der Waals surface area contributed by atoms with Crippen LogP contribution in [0.4, 0.5) is 24.5 Å². The van der Waals surface area contributed by atoms with Crippen LogP contribution in [0.15, 0.2) is 12.1 Å². The predicted octanol–water partition coefficient (Wildman–Crippen LogP) is 2.67. The van der Waals surface area contributed by atoms with Crippen LogP contribution in [0.2, 0.25) is 0 Å². The molecule has 4 nitrogen and oxygen atoms in total. The van der Waals surface area contributed by atoms with E-state index in [4.69, 9.17) is 11.5 Å². The minimum absolute atomic E-state index is 0.0295. The highest BCUT2D eigenvalue weighted by atomic mass is 19.4. The summed E-state index contributed by atoms with van der Waals surface area (Å²) in [5.74, 6) is 0.328. The lowest BCUT2D eigenvalue weighted by Crippen LogP contribution is -2.30. The third-order valence-electron chi connectivity index (χ3n) is 4.68. The predicted molar refractivity (Wildman–Crippen MR) is 81.4 cm³/mol. The van der Waals surface area contributed by atoms with Crippen molar-refractivity contribution in [2.45, 2.75) is 31.9 Å². The van der Waals surface area contributed by atoms with Crippen LogP contribution >= 0.6 is 0 Å². The quantitative estimate of drug-likeness (QED) is 0.839. The molecule has 2 fully saturated rings. The molecule has 0 bridgehead atoms. The number of carbonyl (C=O) groups is 1. The van der Waals surface area contributed by atoms with Crippen LogP contribution in [0, 0.1) is 11.8 Å². The van der Waals surface area contributed by atoms with E-state index in [1.54, 1.807) is 4.90 Å². The number of nitrogens with two attached hydrogens (primary N) is 2. The van der Waals surface area contributed by atoms with Gasteiger partial charge in [-0.15, -0.1) is 0 Å². The monoisotopic (exact) mass is 327 g/mol. The highest BCUT2D eigenvalue weighted by Gasteiger charge is 2.39. The van der Waals surface area contributed by atoms with Crippen molar-refractivity contribution in [1.29, 1.82) is 0 Å². The lowest BCUT2D eigenvalue weighted by molar-refractivity contribution is -0.137. The smallest absolute Gasteiger partial charge is 0.397 e. The Morgan fingerprint density at radius 2 is 1.91 bits per heavy atom. The number of anilines is 2. The SMILES string of the molecule is Nc1ccc(C[C@H]2CCN(C(=O)C3CC3)C2)c(C(F)(F)F)c1N. The number of hydrogen-bond donors (Lipinski definition) is 2. The van der Waals surface area contributed by atoms with Crippen molar-refractivity contribution in [2.75, 3.05) is 24.6 Å². The summed E-state index contributed by atoms with van der Waals surface area (Å²) in [7, 11) is 0. The molecule has 0 unspecified atom stereocenters. The maximum Gasteiger partial charge on any atom is 0.418 e. The minimum atomic E-state index is -4.53. The van der Waals surface area contributed by atoms with Gasteiger partial charge in [-0.3, -0.25) is 4.79 Å². The first kappa shape index (κ1) is 16.0. The van der Waals surface area contributed by atoms with Crippen LogP contribution in [0.3, 0.4) is 0 Å². The molecule has 1 aromatic rings. The van der Waals surface area contributed by atoms with Gasteiger partial charge in [-0.05, 0) is 43.2 Å². The molecule has 23 heavy (non-hydrogen) atoms. The van der Waals surface area contributed by atoms with Gasteiger partial charge in [0.15, 0.2) is 0 Å². The zero-order valence-corrected chi connectivity index (χ0v) is 12.7. The molecule has 0 radical (unpaired) electrons. The fraction of sp³-hybridized carbons (Fsp3) is 0.562. The molecule has 4 N–H and O–H groups in total. The van der Waals surface area contributed by atoms with E-state index in [1.807, 2.05) is 0 Å². The molecule has 1 saturated heterocycles. The Hall–Kier alpha value is -1.92. The number of halogens is 3. The molecule has 1 heterocycles. The number of amides is 1. The van der Waals surface area contributed by atoms with Gasteiger partial charge >= 0.3 is 6.18 Å². The Labute approximate surface area is 132 Å². The number of likely N-dealkylation sites (tertiary alicyclic amines) is 1. The Kier molecular flexibility index (Phi) is 3.90. The van der Waals surface area contributed by atoms with Gasteiger partial charge in [0.2, 0.25) is 5.91 Å². The summed E-state index contributed by atoms with van der Waals surface area (Å²) in [5, 5.41) is 0. The summed E-state index contributed by atoms with van der Waals surface area (Å²) in [6.07, 6.45) is -1.68. The van der Waals surface area contributed by atoms with Crippen molar-refractivity contribution in [1.82, 2.24) is 4.90 Å². The Morgan fingerprint density at radius 3 is 2.52 bits per heavy atom. The van der Waals surface area contributed by atoms with Gasteiger partial charge in [-0.1, -0.05) is 6.07 Å². The van der Waals surface area contributed by atoms with E-state index in [9.17, 15) is 18.0 Å². The second-order valence-electron chi connectivity index (χ2n) is 6.52. The molecule has 0 aromatic heterocycles. The molecular formula is C16H20F3N3O. The fourth-order valence-corrected chi connectivity index (χ4v) is 3.28. The molecule has 126 valence electrons. The molecule has 1 aliphatic heterocycles. The lowest BCUT2D eigenvalue weighted by Gasteiger charge is -2.20. The first-order chi connectivity index (χ1) is 10.8. The zero-order valence-electron chi connectivity index (χ0n) is 12.7. The standard InChI is InChI=1S/C16H20F3N3O/c17-16(18,19)13-11(3-4-12(20)14(13)21)7-9-5-6-22(8-9)15(23)10-1-2-10/h3-4,9-10H,1-2,5-8,20-21H2/t9-/m1/s1. The largest absolute Gasteiger partial charge is 0.418 e. The van der Waals surface area contributed by atoms with Crippen LogP contribution in [-0.4, -0.2) is 23.9 Å². The van der Waals surface area contributed by atoms with E-state index in [2.05, 4.69) is 0 Å². The molecule has 0 spiro atoms. The van der Waals surface area contributed by atoms with Gasteiger partial charge in [0.1, 0.15) is 0 Å². The van der Waals surface area contributed by atoms with Crippen molar-refractivity contribution >= 4 is 17.3 Å². The minimum Gasteiger partial charge on any atom is -0.397 e. The van der Waals surface area contributed by atoms with Crippen molar-refractivity contribution in [3.8, 4) is 0 Å². The molecule has 1 aliphatic carbocycles. The van der Waals surface area contributed by atoms with Gasteiger partial charge in [-0.2, -0.15) is 13.2 Å². The lowest BCUT2D eigenvalue weighted by atomic mass is 9.93. The second kappa shape index (κ2) is 5.62. The number of nitrogen functional groups attached to an aromatic ring is 2. The summed E-state index contributed by atoms with van der Waals surface area (Å²) in [4.78, 5) is 13.8. The van der Waals surface area contributed by atoms with Crippen LogP contribution in [0.5, 0.6) is 0 Å². The van der Waals surface area contributed by atoms with Gasteiger partial charge < -0.3 is 16.4 Å². The van der Waals surface area contributed by atoms with E-state index in [1.165, 1.54) is 12.1 Å². The first-order valence-electron chi connectivity index (χ1n) is 7.80. The number of rotatable bonds is 3. The Morgan fingerprint density at radius 1 is 1.22 bits per heavy atom. The molecule has 7 heteroatoms. The number of benzene rings is 1. The van der Waals surface area contributed by atoms with E-state index < -0.39 is 17.4 Å². The molecule has 1 atom stereocenters. The van der Waals surface area contributed by atoms with Crippen molar-refractivity contribution < 1.29 is 18.0 Å². The maximum atomic E-state index is 13.3. The van der Waals surface area contributed by atoms with E-state index in [-0.39, 0.29) is 35.4 Å². The van der Waals surface area contributed by atoms with E-state index >= 15 is 0 Å². The summed E-state index contributed by atoms with van der Waals surface area (Å²) < 4.78 is 39.8. The molecule has 1 amide bonds. The summed E-state index contributed by atoms with van der Waals surface area (Å²) >= 11 is 0. The summed E-state index contributed by atoms with van der Waals surface area (Å²) in [6, 6.07) is 2.82. The second-order valence-corrected chi connectivity index (χ2v) is 6.52. The summed E-state index contributed by atoms with van der Waals surface area (Å²) in [5.41, 5.74) is 9.95. The van der Waals surface area contributed by atoms with Crippen LogP contribution in [-0.2, 0) is 17.4 Å². The molecule has 1 aromatic carbocycles. The van der Waals surface area contributed by atoms with Gasteiger partial charge in [-0.25, -0.2) is 0 Å². The van der Waals surface area contributed by atoms with Gasteiger partial charge in [0.05, 0.1) is 16.9 Å². The molecular weight excluding hydrogens is 307 g/mol. The first-order valence-corrected chi connectivity index (χ1v) is 7.80.